The molecule has 8 heteroatoms. The van der Waals surface area contributed by atoms with E-state index in [-0.39, 0.29) is 5.82 Å². The molecule has 17 heavy (non-hydrogen) atoms. The fraction of sp³-hybridized carbons (Fsp3) is 0. The zero-order valence-corrected chi connectivity index (χ0v) is 9.23. The van der Waals surface area contributed by atoms with Crippen molar-refractivity contribution in [1.82, 2.24) is 25.6 Å². The van der Waals surface area contributed by atoms with Gasteiger partial charge >= 0.3 is 0 Å². The smallest absolute Gasteiger partial charge is 0.295 e. The molecular weight excluding hydrogens is 240 g/mol. The zero-order chi connectivity index (χ0) is 11.7. The van der Waals surface area contributed by atoms with Gasteiger partial charge in [-0.05, 0) is 17.3 Å². The van der Waals surface area contributed by atoms with Crippen molar-refractivity contribution in [3.8, 4) is 0 Å². The lowest BCUT2D eigenvalue weighted by molar-refractivity contribution is 0.101. The van der Waals surface area contributed by atoms with Crippen LogP contribution in [0.1, 0.15) is 10.6 Å². The van der Waals surface area contributed by atoms with Crippen LogP contribution in [-0.2, 0) is 0 Å². The van der Waals surface area contributed by atoms with Gasteiger partial charge in [0.15, 0.2) is 5.13 Å². The number of tetrazole rings is 1. The number of anilines is 1. The molecule has 0 unspecified atom stereocenters. The number of rotatable bonds is 2. The third kappa shape index (κ3) is 1.85. The Labute approximate surface area is 98.9 Å². The minimum absolute atomic E-state index is 0.00995. The molecule has 0 radical (unpaired) electrons. The van der Waals surface area contributed by atoms with Crippen LogP contribution in [0.5, 0.6) is 0 Å². The van der Waals surface area contributed by atoms with Crippen molar-refractivity contribution in [2.75, 3.05) is 5.32 Å². The summed E-state index contributed by atoms with van der Waals surface area (Å²) in [4.78, 5) is 15.9. The largest absolute Gasteiger partial charge is 0.299 e. The van der Waals surface area contributed by atoms with Gasteiger partial charge in [-0.15, -0.1) is 10.2 Å². The number of thiazole rings is 1. The highest BCUT2D eigenvalue weighted by Crippen LogP contribution is 2.25. The molecule has 0 saturated heterocycles. The first-order valence-electron chi connectivity index (χ1n) is 4.73. The number of fused-ring (bicyclic) bond motifs is 1. The number of amides is 1. The number of carbonyl (C=O) groups is 1. The third-order valence-corrected chi connectivity index (χ3v) is 3.01. The van der Waals surface area contributed by atoms with Crippen LogP contribution < -0.4 is 5.32 Å². The monoisotopic (exact) mass is 246 g/mol. The molecule has 0 aliphatic carbocycles. The molecule has 0 fully saturated rings. The molecule has 2 N–H and O–H groups in total. The molecular formula is C9H6N6OS. The van der Waals surface area contributed by atoms with Gasteiger partial charge in [-0.1, -0.05) is 23.5 Å². The lowest BCUT2D eigenvalue weighted by Crippen LogP contribution is -2.13. The second-order valence-corrected chi connectivity index (χ2v) is 4.21. The number of H-pyrrole nitrogens is 1. The van der Waals surface area contributed by atoms with E-state index in [0.717, 1.165) is 10.2 Å². The molecule has 1 aromatic carbocycles. The zero-order valence-electron chi connectivity index (χ0n) is 8.41. The summed E-state index contributed by atoms with van der Waals surface area (Å²) in [6, 6.07) is 7.64. The van der Waals surface area contributed by atoms with Gasteiger partial charge in [0.05, 0.1) is 10.2 Å². The molecule has 0 aliphatic heterocycles. The Hall–Kier alpha value is -2.35. The van der Waals surface area contributed by atoms with Gasteiger partial charge in [-0.3, -0.25) is 10.1 Å². The molecule has 7 nitrogen and oxygen atoms in total. The Morgan fingerprint density at radius 2 is 2.24 bits per heavy atom. The number of hydrogen-bond donors (Lipinski definition) is 2. The second-order valence-electron chi connectivity index (χ2n) is 3.18. The number of hydrogen-bond acceptors (Lipinski definition) is 6. The minimum Gasteiger partial charge on any atom is -0.295 e. The van der Waals surface area contributed by atoms with E-state index < -0.39 is 5.91 Å². The maximum Gasteiger partial charge on any atom is 0.299 e. The summed E-state index contributed by atoms with van der Waals surface area (Å²) >= 11 is 1.39. The van der Waals surface area contributed by atoms with Crippen LogP contribution in [0.15, 0.2) is 24.3 Å². The van der Waals surface area contributed by atoms with Crippen molar-refractivity contribution >= 4 is 32.6 Å². The average molecular weight is 246 g/mol. The number of para-hydroxylation sites is 1. The van der Waals surface area contributed by atoms with Gasteiger partial charge in [0.1, 0.15) is 0 Å². The Bertz CT molecular complexity index is 628. The van der Waals surface area contributed by atoms with Crippen LogP contribution >= 0.6 is 11.3 Å². The van der Waals surface area contributed by atoms with Gasteiger partial charge in [0, 0.05) is 0 Å². The SMILES string of the molecule is O=C(Nc1nc2ccccc2s1)c1nn[nH]n1. The summed E-state index contributed by atoms with van der Waals surface area (Å²) in [6.07, 6.45) is 0. The number of benzene rings is 1. The molecule has 0 atom stereocenters. The summed E-state index contributed by atoms with van der Waals surface area (Å²) in [5, 5.41) is 15.8. The summed E-state index contributed by atoms with van der Waals surface area (Å²) in [5.41, 5.74) is 0.848. The van der Waals surface area contributed by atoms with E-state index in [1.165, 1.54) is 11.3 Å². The molecule has 1 amide bonds. The second kappa shape index (κ2) is 3.91. The number of carbonyl (C=O) groups excluding carboxylic acids is 1. The van der Waals surface area contributed by atoms with Gasteiger partial charge < -0.3 is 0 Å². The maximum absolute atomic E-state index is 11.6. The number of nitrogens with one attached hydrogen (secondary N) is 2. The first-order valence-corrected chi connectivity index (χ1v) is 5.55. The van der Waals surface area contributed by atoms with E-state index in [1.807, 2.05) is 24.3 Å². The van der Waals surface area contributed by atoms with Crippen molar-refractivity contribution in [2.24, 2.45) is 0 Å². The van der Waals surface area contributed by atoms with Crippen molar-refractivity contribution in [3.05, 3.63) is 30.1 Å². The average Bonchev–Trinajstić information content (AvgIpc) is 2.97. The van der Waals surface area contributed by atoms with Crippen molar-refractivity contribution in [1.29, 1.82) is 0 Å². The molecule has 2 aromatic heterocycles. The van der Waals surface area contributed by atoms with E-state index in [0.29, 0.717) is 5.13 Å². The van der Waals surface area contributed by atoms with E-state index in [2.05, 4.69) is 30.9 Å². The maximum atomic E-state index is 11.6. The summed E-state index contributed by atoms with van der Waals surface area (Å²) in [6.45, 7) is 0. The Morgan fingerprint density at radius 3 is 3.00 bits per heavy atom. The molecule has 3 rings (SSSR count). The first-order chi connectivity index (χ1) is 8.33. The highest BCUT2D eigenvalue weighted by Gasteiger charge is 2.13. The topological polar surface area (TPSA) is 96.5 Å². The molecule has 3 aromatic rings. The highest BCUT2D eigenvalue weighted by molar-refractivity contribution is 7.22. The van der Waals surface area contributed by atoms with E-state index >= 15 is 0 Å². The van der Waals surface area contributed by atoms with Crippen LogP contribution in [0.3, 0.4) is 0 Å². The van der Waals surface area contributed by atoms with Gasteiger partial charge in [0.2, 0.25) is 0 Å². The summed E-state index contributed by atoms with van der Waals surface area (Å²) in [5.74, 6) is -0.443. The van der Waals surface area contributed by atoms with Gasteiger partial charge in [-0.2, -0.15) is 5.21 Å². The van der Waals surface area contributed by atoms with Crippen molar-refractivity contribution < 1.29 is 4.79 Å². The normalized spacial score (nSPS) is 10.6. The van der Waals surface area contributed by atoms with Crippen molar-refractivity contribution in [3.63, 3.8) is 0 Å². The number of aromatic nitrogens is 5. The predicted molar refractivity (Wildman–Crippen MR) is 61.8 cm³/mol. The highest BCUT2D eigenvalue weighted by atomic mass is 32.1. The number of aromatic amines is 1. The van der Waals surface area contributed by atoms with E-state index in [9.17, 15) is 4.79 Å². The molecule has 0 aliphatic rings. The van der Waals surface area contributed by atoms with Crippen molar-refractivity contribution in [2.45, 2.75) is 0 Å². The first kappa shape index (κ1) is 9.85. The van der Waals surface area contributed by atoms with Crippen LogP contribution in [-0.4, -0.2) is 31.5 Å². The standard InChI is InChI=1S/C9H6N6OS/c16-8(7-12-14-15-13-7)11-9-10-5-3-1-2-4-6(5)17-9/h1-4H,(H,10,11,16)(H,12,13,14,15). The quantitative estimate of drug-likeness (QED) is 0.704. The van der Waals surface area contributed by atoms with E-state index in [1.54, 1.807) is 0 Å². The van der Waals surface area contributed by atoms with E-state index in [4.69, 9.17) is 0 Å². The van der Waals surface area contributed by atoms with Crippen LogP contribution in [0.4, 0.5) is 5.13 Å². The molecule has 0 spiro atoms. The minimum atomic E-state index is -0.433. The van der Waals surface area contributed by atoms with Crippen LogP contribution in [0, 0.1) is 0 Å². The third-order valence-electron chi connectivity index (χ3n) is 2.06. The molecule has 2 heterocycles. The lowest BCUT2D eigenvalue weighted by atomic mass is 10.3. The Kier molecular flexibility index (Phi) is 2.26. The van der Waals surface area contributed by atoms with Gasteiger partial charge in [0.25, 0.3) is 11.7 Å². The predicted octanol–water partition coefficient (Wildman–Crippen LogP) is 1.06. The van der Waals surface area contributed by atoms with Crippen LogP contribution in [0.25, 0.3) is 10.2 Å². The van der Waals surface area contributed by atoms with Gasteiger partial charge in [-0.25, -0.2) is 4.98 Å². The number of nitrogens with zero attached hydrogens (tertiary/aromatic N) is 4. The molecule has 84 valence electrons. The fourth-order valence-corrected chi connectivity index (χ4v) is 2.20. The Morgan fingerprint density at radius 1 is 1.35 bits per heavy atom. The van der Waals surface area contributed by atoms with Crippen LogP contribution in [0.2, 0.25) is 0 Å². The summed E-state index contributed by atoms with van der Waals surface area (Å²) < 4.78 is 1.01. The lowest BCUT2D eigenvalue weighted by Gasteiger charge is -1.94. The summed E-state index contributed by atoms with van der Waals surface area (Å²) in [7, 11) is 0. The molecule has 0 saturated carbocycles. The Balaban J connectivity index is 1.88. The fourth-order valence-electron chi connectivity index (χ4n) is 1.34. The molecule has 0 bridgehead atoms.